The van der Waals surface area contributed by atoms with E-state index in [4.69, 9.17) is 4.74 Å². The molecule has 2 unspecified atom stereocenters. The molecule has 3 heteroatoms. The smallest absolute Gasteiger partial charge is 0.126 e. The van der Waals surface area contributed by atoms with Crippen LogP contribution in [0.2, 0.25) is 0 Å². The summed E-state index contributed by atoms with van der Waals surface area (Å²) in [5, 5.41) is 10.2. The maximum atomic E-state index is 13.2. The fraction of sp³-hybridized carbons (Fsp3) is 0.571. The van der Waals surface area contributed by atoms with Crippen molar-refractivity contribution in [1.29, 1.82) is 0 Å². The summed E-state index contributed by atoms with van der Waals surface area (Å²) < 4.78 is 18.7. The number of hydrogen-bond donors (Lipinski definition) is 1. The minimum Gasteiger partial charge on any atom is -0.386 e. The Bertz CT molecular complexity index is 363. The first-order valence-electron chi connectivity index (χ1n) is 6.03. The highest BCUT2D eigenvalue weighted by molar-refractivity contribution is 5.26. The van der Waals surface area contributed by atoms with E-state index < -0.39 is 6.10 Å². The van der Waals surface area contributed by atoms with Crippen LogP contribution in [0.25, 0.3) is 0 Å². The van der Waals surface area contributed by atoms with Gasteiger partial charge in [-0.3, -0.25) is 0 Å². The maximum Gasteiger partial charge on any atom is 0.126 e. The van der Waals surface area contributed by atoms with Crippen LogP contribution >= 0.6 is 0 Å². The van der Waals surface area contributed by atoms with Crippen LogP contribution in [0.5, 0.6) is 0 Å². The van der Waals surface area contributed by atoms with Gasteiger partial charge in [0.25, 0.3) is 0 Å². The Hall–Kier alpha value is -0.930. The molecule has 1 aromatic carbocycles. The van der Waals surface area contributed by atoms with Gasteiger partial charge in [-0.2, -0.15) is 0 Å². The second-order valence-corrected chi connectivity index (χ2v) is 4.62. The first-order valence-corrected chi connectivity index (χ1v) is 6.03. The third-order valence-electron chi connectivity index (χ3n) is 2.85. The van der Waals surface area contributed by atoms with Gasteiger partial charge in [0.05, 0.1) is 6.10 Å². The summed E-state index contributed by atoms with van der Waals surface area (Å²) in [5.41, 5.74) is 1.25. The van der Waals surface area contributed by atoms with Crippen molar-refractivity contribution in [3.05, 3.63) is 35.1 Å². The lowest BCUT2D eigenvalue weighted by atomic mass is 9.95. The normalized spacial score (nSPS) is 15.0. The zero-order chi connectivity index (χ0) is 13.0. The number of aliphatic hydroxyl groups excluding tert-OH is 1. The average Bonchev–Trinajstić information content (AvgIpc) is 2.28. The van der Waals surface area contributed by atoms with Gasteiger partial charge in [-0.05, 0) is 37.0 Å². The van der Waals surface area contributed by atoms with E-state index in [2.05, 4.69) is 0 Å². The van der Waals surface area contributed by atoms with Crippen molar-refractivity contribution in [2.75, 3.05) is 6.61 Å². The Morgan fingerprint density at radius 3 is 2.47 bits per heavy atom. The molecule has 17 heavy (non-hydrogen) atoms. The van der Waals surface area contributed by atoms with Crippen molar-refractivity contribution < 1.29 is 14.2 Å². The molecule has 0 bridgehead atoms. The largest absolute Gasteiger partial charge is 0.386 e. The molecule has 0 amide bonds. The van der Waals surface area contributed by atoms with E-state index in [-0.39, 0.29) is 17.8 Å². The number of rotatable bonds is 5. The predicted molar refractivity (Wildman–Crippen MR) is 66.3 cm³/mol. The van der Waals surface area contributed by atoms with Crippen LogP contribution in [-0.4, -0.2) is 17.8 Å². The van der Waals surface area contributed by atoms with E-state index in [1.807, 2.05) is 20.8 Å². The molecule has 1 N–H and O–H groups in total. The Morgan fingerprint density at radius 2 is 2.00 bits per heavy atom. The molecular formula is C14H21FO2. The van der Waals surface area contributed by atoms with Gasteiger partial charge in [0, 0.05) is 6.61 Å². The fourth-order valence-corrected chi connectivity index (χ4v) is 1.88. The Balaban J connectivity index is 2.92. The van der Waals surface area contributed by atoms with Gasteiger partial charge in [0.15, 0.2) is 0 Å². The molecule has 0 radical (unpaired) electrons. The van der Waals surface area contributed by atoms with Gasteiger partial charge < -0.3 is 9.84 Å². The van der Waals surface area contributed by atoms with Crippen molar-refractivity contribution in [3.63, 3.8) is 0 Å². The summed E-state index contributed by atoms with van der Waals surface area (Å²) in [6.45, 7) is 8.15. The molecular weight excluding hydrogens is 219 g/mol. The molecule has 2 atom stereocenters. The molecule has 1 rings (SSSR count). The molecule has 0 aromatic heterocycles. The third-order valence-corrected chi connectivity index (χ3v) is 2.85. The molecule has 0 spiro atoms. The van der Waals surface area contributed by atoms with Crippen molar-refractivity contribution in [2.24, 2.45) is 5.92 Å². The number of aryl methyl sites for hydroxylation is 1. The van der Waals surface area contributed by atoms with E-state index in [9.17, 15) is 9.50 Å². The van der Waals surface area contributed by atoms with Gasteiger partial charge in [-0.15, -0.1) is 0 Å². The summed E-state index contributed by atoms with van der Waals surface area (Å²) in [7, 11) is 0. The molecule has 0 aliphatic rings. The van der Waals surface area contributed by atoms with Crippen LogP contribution < -0.4 is 0 Å². The average molecular weight is 240 g/mol. The van der Waals surface area contributed by atoms with E-state index in [0.717, 1.165) is 0 Å². The summed E-state index contributed by atoms with van der Waals surface area (Å²) >= 11 is 0. The van der Waals surface area contributed by atoms with Gasteiger partial charge >= 0.3 is 0 Å². The zero-order valence-electron chi connectivity index (χ0n) is 10.9. The minimum atomic E-state index is -0.714. The molecule has 0 aliphatic heterocycles. The van der Waals surface area contributed by atoms with Crippen LogP contribution in [0.15, 0.2) is 18.2 Å². The van der Waals surface area contributed by atoms with E-state index in [1.54, 1.807) is 19.1 Å². The van der Waals surface area contributed by atoms with Gasteiger partial charge in [0.1, 0.15) is 11.9 Å². The van der Waals surface area contributed by atoms with Crippen LogP contribution in [0.1, 0.15) is 38.0 Å². The number of benzene rings is 1. The van der Waals surface area contributed by atoms with Crippen molar-refractivity contribution in [1.82, 2.24) is 0 Å². The highest BCUT2D eigenvalue weighted by Crippen LogP contribution is 2.25. The van der Waals surface area contributed by atoms with Crippen molar-refractivity contribution in [3.8, 4) is 0 Å². The van der Waals surface area contributed by atoms with Crippen LogP contribution in [-0.2, 0) is 4.74 Å². The van der Waals surface area contributed by atoms with E-state index in [0.29, 0.717) is 17.7 Å². The second kappa shape index (κ2) is 6.12. The summed E-state index contributed by atoms with van der Waals surface area (Å²) in [4.78, 5) is 0. The first kappa shape index (κ1) is 14.1. The molecule has 0 heterocycles. The molecule has 0 saturated carbocycles. The van der Waals surface area contributed by atoms with E-state index in [1.165, 1.54) is 6.07 Å². The van der Waals surface area contributed by atoms with Gasteiger partial charge in [-0.1, -0.05) is 26.0 Å². The standard InChI is InChI=1S/C14H21FO2/c1-5-17-14(9(2)3)13(16)11-6-7-12(15)10(4)8-11/h6-9,13-14,16H,5H2,1-4H3. The summed E-state index contributed by atoms with van der Waals surface area (Å²) in [5.74, 6) is -0.0474. The summed E-state index contributed by atoms with van der Waals surface area (Å²) in [6, 6.07) is 4.67. The number of hydrogen-bond acceptors (Lipinski definition) is 2. The Labute approximate surface area is 102 Å². The molecule has 1 aromatic rings. The first-order chi connectivity index (χ1) is 7.97. The van der Waals surface area contributed by atoms with Crippen molar-refractivity contribution >= 4 is 0 Å². The molecule has 2 nitrogen and oxygen atoms in total. The van der Waals surface area contributed by atoms with E-state index >= 15 is 0 Å². The molecule has 0 saturated heterocycles. The maximum absolute atomic E-state index is 13.2. The van der Waals surface area contributed by atoms with Gasteiger partial charge in [-0.25, -0.2) is 4.39 Å². The Morgan fingerprint density at radius 1 is 1.35 bits per heavy atom. The lowest BCUT2D eigenvalue weighted by Gasteiger charge is -2.26. The minimum absolute atomic E-state index is 0.204. The lowest BCUT2D eigenvalue weighted by Crippen LogP contribution is -2.28. The molecule has 0 aliphatic carbocycles. The highest BCUT2D eigenvalue weighted by Gasteiger charge is 2.24. The lowest BCUT2D eigenvalue weighted by molar-refractivity contribution is -0.0585. The molecule has 0 fully saturated rings. The third kappa shape index (κ3) is 3.51. The van der Waals surface area contributed by atoms with Gasteiger partial charge in [0.2, 0.25) is 0 Å². The summed E-state index contributed by atoms with van der Waals surface area (Å²) in [6.07, 6.45) is -0.973. The SMILES string of the molecule is CCOC(C(C)C)C(O)c1ccc(F)c(C)c1. The predicted octanol–water partition coefficient (Wildman–Crippen LogP) is 3.23. The molecule has 96 valence electrons. The van der Waals surface area contributed by atoms with Crippen molar-refractivity contribution in [2.45, 2.75) is 39.9 Å². The van der Waals surface area contributed by atoms with Crippen LogP contribution in [0, 0.1) is 18.7 Å². The zero-order valence-corrected chi connectivity index (χ0v) is 10.9. The number of ether oxygens (including phenoxy) is 1. The highest BCUT2D eigenvalue weighted by atomic mass is 19.1. The Kier molecular flexibility index (Phi) is 5.09. The quantitative estimate of drug-likeness (QED) is 0.856. The number of aliphatic hydroxyl groups is 1. The number of halogens is 1. The monoisotopic (exact) mass is 240 g/mol. The second-order valence-electron chi connectivity index (χ2n) is 4.62. The fourth-order valence-electron chi connectivity index (χ4n) is 1.88. The topological polar surface area (TPSA) is 29.5 Å². The van der Waals surface area contributed by atoms with Crippen LogP contribution in [0.3, 0.4) is 0 Å². The van der Waals surface area contributed by atoms with Crippen LogP contribution in [0.4, 0.5) is 4.39 Å².